The van der Waals surface area contributed by atoms with Crippen molar-refractivity contribution in [1.82, 2.24) is 0 Å². The van der Waals surface area contributed by atoms with E-state index in [2.05, 4.69) is 10.6 Å². The van der Waals surface area contributed by atoms with Gasteiger partial charge >= 0.3 is 6.18 Å². The van der Waals surface area contributed by atoms with Crippen LogP contribution in [0.5, 0.6) is 5.75 Å². The number of hydrogen-bond donors (Lipinski definition) is 2. The number of halogens is 4. The van der Waals surface area contributed by atoms with Gasteiger partial charge in [-0.2, -0.15) is 13.2 Å². The molecule has 1 aromatic heterocycles. The van der Waals surface area contributed by atoms with Gasteiger partial charge in [-0.05, 0) is 55.8 Å². The third-order valence-corrected chi connectivity index (χ3v) is 5.82. The van der Waals surface area contributed by atoms with Gasteiger partial charge in [-0.1, -0.05) is 23.7 Å². The molecule has 3 aromatic rings. The second-order valence-electron chi connectivity index (χ2n) is 6.65. The van der Waals surface area contributed by atoms with Crippen molar-refractivity contribution in [2.24, 2.45) is 0 Å². The number of ether oxygens (including phenoxy) is 1. The number of aryl methyl sites for hydroxylation is 1. The van der Waals surface area contributed by atoms with Crippen LogP contribution < -0.4 is 15.4 Å². The van der Waals surface area contributed by atoms with Gasteiger partial charge in [0.25, 0.3) is 11.8 Å². The molecule has 2 aromatic carbocycles. The van der Waals surface area contributed by atoms with E-state index in [9.17, 15) is 22.8 Å². The molecule has 2 N–H and O–H groups in total. The van der Waals surface area contributed by atoms with Crippen molar-refractivity contribution in [3.8, 4) is 5.75 Å². The number of anilines is 2. The first-order chi connectivity index (χ1) is 15.1. The van der Waals surface area contributed by atoms with E-state index < -0.39 is 23.6 Å². The van der Waals surface area contributed by atoms with E-state index in [0.29, 0.717) is 10.6 Å². The SMILES string of the molecule is CCOc1ccc(C(F)(F)F)cc1NC(=O)c1sc(NC(=O)c2ccccc2Cl)cc1C. The summed E-state index contributed by atoms with van der Waals surface area (Å²) in [6.07, 6.45) is -4.57. The van der Waals surface area contributed by atoms with Crippen molar-refractivity contribution in [3.05, 3.63) is 75.1 Å². The van der Waals surface area contributed by atoms with Crippen LogP contribution in [-0.2, 0) is 6.18 Å². The number of nitrogens with one attached hydrogen (secondary N) is 2. The van der Waals surface area contributed by atoms with Crippen LogP contribution in [-0.4, -0.2) is 18.4 Å². The van der Waals surface area contributed by atoms with Gasteiger partial charge in [-0.25, -0.2) is 0 Å². The fourth-order valence-electron chi connectivity index (χ4n) is 2.86. The molecule has 0 saturated heterocycles. The summed E-state index contributed by atoms with van der Waals surface area (Å²) in [5.41, 5.74) is -0.184. The number of hydrogen-bond acceptors (Lipinski definition) is 4. The van der Waals surface area contributed by atoms with E-state index >= 15 is 0 Å². The van der Waals surface area contributed by atoms with Crippen LogP contribution in [0, 0.1) is 6.92 Å². The van der Waals surface area contributed by atoms with Crippen molar-refractivity contribution >= 4 is 45.4 Å². The largest absolute Gasteiger partial charge is 0.492 e. The minimum absolute atomic E-state index is 0.0962. The zero-order chi connectivity index (χ0) is 23.5. The maximum atomic E-state index is 13.1. The van der Waals surface area contributed by atoms with Crippen molar-refractivity contribution in [2.45, 2.75) is 20.0 Å². The highest BCUT2D eigenvalue weighted by atomic mass is 35.5. The smallest absolute Gasteiger partial charge is 0.416 e. The van der Waals surface area contributed by atoms with Crippen LogP contribution in [0.3, 0.4) is 0 Å². The van der Waals surface area contributed by atoms with Crippen molar-refractivity contribution in [3.63, 3.8) is 0 Å². The Kier molecular flexibility index (Phi) is 7.10. The molecule has 0 aliphatic carbocycles. The lowest BCUT2D eigenvalue weighted by Crippen LogP contribution is -2.14. The van der Waals surface area contributed by atoms with Gasteiger partial charge in [0.1, 0.15) is 5.75 Å². The van der Waals surface area contributed by atoms with Gasteiger partial charge in [-0.3, -0.25) is 9.59 Å². The molecular weight excluding hydrogens is 465 g/mol. The van der Waals surface area contributed by atoms with E-state index in [0.717, 1.165) is 23.5 Å². The lowest BCUT2D eigenvalue weighted by molar-refractivity contribution is -0.137. The van der Waals surface area contributed by atoms with Crippen LogP contribution >= 0.6 is 22.9 Å². The molecule has 0 fully saturated rings. The molecule has 32 heavy (non-hydrogen) atoms. The molecule has 0 radical (unpaired) electrons. The second-order valence-corrected chi connectivity index (χ2v) is 8.11. The Bertz CT molecular complexity index is 1160. The zero-order valence-corrected chi connectivity index (χ0v) is 18.5. The number of carbonyl (C=O) groups is 2. The Morgan fingerprint density at radius 2 is 1.78 bits per heavy atom. The first kappa shape index (κ1) is 23.6. The van der Waals surface area contributed by atoms with Gasteiger partial charge in [0.15, 0.2) is 0 Å². The molecule has 0 unspecified atom stereocenters. The molecule has 168 valence electrons. The molecule has 2 amide bonds. The molecule has 0 saturated carbocycles. The van der Waals surface area contributed by atoms with E-state index in [-0.39, 0.29) is 33.5 Å². The second kappa shape index (κ2) is 9.62. The first-order valence-electron chi connectivity index (χ1n) is 9.42. The third-order valence-electron chi connectivity index (χ3n) is 4.33. The summed E-state index contributed by atoms with van der Waals surface area (Å²) in [6, 6.07) is 11.0. The fourth-order valence-corrected chi connectivity index (χ4v) is 4.04. The molecule has 0 aliphatic heterocycles. The minimum atomic E-state index is -4.57. The Morgan fingerprint density at radius 1 is 1.06 bits per heavy atom. The Hall–Kier alpha value is -3.04. The predicted octanol–water partition coefficient (Wildman–Crippen LogP) is 6.63. The summed E-state index contributed by atoms with van der Waals surface area (Å²) in [5, 5.41) is 5.84. The van der Waals surface area contributed by atoms with Gasteiger partial charge in [0, 0.05) is 0 Å². The average Bonchev–Trinajstić information content (AvgIpc) is 3.09. The normalized spacial score (nSPS) is 11.2. The summed E-state index contributed by atoms with van der Waals surface area (Å²) in [6.45, 7) is 3.55. The summed E-state index contributed by atoms with van der Waals surface area (Å²) in [4.78, 5) is 25.5. The molecular formula is C22H18ClF3N2O3S. The molecule has 0 aliphatic rings. The maximum absolute atomic E-state index is 13.1. The topological polar surface area (TPSA) is 67.4 Å². The van der Waals surface area contributed by atoms with Crippen molar-refractivity contribution < 1.29 is 27.5 Å². The third kappa shape index (κ3) is 5.41. The highest BCUT2D eigenvalue weighted by Gasteiger charge is 2.31. The summed E-state index contributed by atoms with van der Waals surface area (Å²) in [7, 11) is 0. The average molecular weight is 483 g/mol. The van der Waals surface area contributed by atoms with E-state index in [1.807, 2.05) is 0 Å². The standard InChI is InChI=1S/C22H18ClF3N2O3S/c1-3-31-17-9-8-13(22(24,25)26)11-16(17)27-21(30)19-12(2)10-18(32-19)28-20(29)14-6-4-5-7-15(14)23/h4-11H,3H2,1-2H3,(H,27,30)(H,28,29). The summed E-state index contributed by atoms with van der Waals surface area (Å²) < 4.78 is 44.6. The Morgan fingerprint density at radius 3 is 2.44 bits per heavy atom. The monoisotopic (exact) mass is 482 g/mol. The number of thiophene rings is 1. The molecule has 1 heterocycles. The number of alkyl halides is 3. The minimum Gasteiger partial charge on any atom is -0.492 e. The van der Waals surface area contributed by atoms with Crippen LogP contribution in [0.2, 0.25) is 5.02 Å². The molecule has 0 bridgehead atoms. The summed E-state index contributed by atoms with van der Waals surface area (Å²) in [5.74, 6) is -0.943. The Balaban J connectivity index is 1.83. The van der Waals surface area contributed by atoms with E-state index in [4.69, 9.17) is 16.3 Å². The van der Waals surface area contributed by atoms with Crippen molar-refractivity contribution in [1.29, 1.82) is 0 Å². The Labute approximate surface area is 191 Å². The lowest BCUT2D eigenvalue weighted by atomic mass is 10.1. The maximum Gasteiger partial charge on any atom is 0.416 e. The van der Waals surface area contributed by atoms with E-state index in [1.54, 1.807) is 44.2 Å². The lowest BCUT2D eigenvalue weighted by Gasteiger charge is -2.14. The van der Waals surface area contributed by atoms with E-state index in [1.165, 1.54) is 6.07 Å². The summed E-state index contributed by atoms with van der Waals surface area (Å²) >= 11 is 7.03. The zero-order valence-electron chi connectivity index (χ0n) is 17.0. The number of carbonyl (C=O) groups excluding carboxylic acids is 2. The molecule has 0 atom stereocenters. The predicted molar refractivity (Wildman–Crippen MR) is 119 cm³/mol. The number of amides is 2. The van der Waals surface area contributed by atoms with Gasteiger partial charge in [0.05, 0.1) is 38.3 Å². The number of rotatable bonds is 6. The van der Waals surface area contributed by atoms with Gasteiger partial charge < -0.3 is 15.4 Å². The van der Waals surface area contributed by atoms with Crippen LogP contribution in [0.4, 0.5) is 23.9 Å². The molecule has 0 spiro atoms. The molecule has 3 rings (SSSR count). The number of benzene rings is 2. The van der Waals surface area contributed by atoms with Crippen molar-refractivity contribution in [2.75, 3.05) is 17.2 Å². The fraction of sp³-hybridized carbons (Fsp3) is 0.182. The van der Waals surface area contributed by atoms with Crippen LogP contribution in [0.25, 0.3) is 0 Å². The highest BCUT2D eigenvalue weighted by Crippen LogP contribution is 2.36. The quantitative estimate of drug-likeness (QED) is 0.414. The van der Waals surface area contributed by atoms with Gasteiger partial charge in [-0.15, -0.1) is 11.3 Å². The van der Waals surface area contributed by atoms with Crippen LogP contribution in [0.1, 0.15) is 38.1 Å². The molecule has 5 nitrogen and oxygen atoms in total. The highest BCUT2D eigenvalue weighted by molar-refractivity contribution is 7.18. The van der Waals surface area contributed by atoms with Gasteiger partial charge in [0.2, 0.25) is 0 Å². The first-order valence-corrected chi connectivity index (χ1v) is 10.6. The van der Waals surface area contributed by atoms with Crippen LogP contribution in [0.15, 0.2) is 48.5 Å². The molecule has 10 heteroatoms.